The maximum atomic E-state index is 12.7. The third-order valence-corrected chi connectivity index (χ3v) is 6.98. The molecule has 0 saturated carbocycles. The van der Waals surface area contributed by atoms with Crippen LogP contribution < -0.4 is 0 Å². The molecule has 3 rings (SSSR count). The fraction of sp³-hybridized carbons (Fsp3) is 0.200. The molecule has 152 valence electrons. The average Bonchev–Trinajstić information content (AvgIpc) is 3.01. The monoisotopic (exact) mass is 457 g/mol. The Morgan fingerprint density at radius 1 is 1.21 bits per heavy atom. The minimum Gasteiger partial charge on any atom is -0.481 e. The highest BCUT2D eigenvalue weighted by atomic mass is 35.5. The number of carboxylic acid groups (broad SMARTS) is 1. The first-order valence-electron chi connectivity index (χ1n) is 8.40. The van der Waals surface area contributed by atoms with Crippen LogP contribution in [-0.2, 0) is 23.1 Å². The van der Waals surface area contributed by atoms with Gasteiger partial charge in [0.25, 0.3) is 0 Å². The Hall–Kier alpha value is -2.03. The van der Waals surface area contributed by atoms with Gasteiger partial charge in [0.1, 0.15) is 5.01 Å². The molecule has 0 aliphatic heterocycles. The van der Waals surface area contributed by atoms with Crippen LogP contribution in [0.2, 0.25) is 5.02 Å². The lowest BCUT2D eigenvalue weighted by Crippen LogP contribution is -2.03. The first kappa shape index (κ1) is 21.7. The summed E-state index contributed by atoms with van der Waals surface area (Å²) in [4.78, 5) is 17.1. The van der Waals surface area contributed by atoms with Gasteiger partial charge < -0.3 is 5.11 Å². The molecule has 3 nitrogen and oxygen atoms in total. The number of alkyl halides is 3. The largest absolute Gasteiger partial charge is 0.481 e. The number of aliphatic carboxylic acids is 1. The quantitative estimate of drug-likeness (QED) is 0.418. The minimum absolute atomic E-state index is 0.0882. The Morgan fingerprint density at radius 2 is 1.90 bits per heavy atom. The van der Waals surface area contributed by atoms with Crippen LogP contribution in [0.5, 0.6) is 0 Å². The van der Waals surface area contributed by atoms with Gasteiger partial charge in [0.2, 0.25) is 0 Å². The van der Waals surface area contributed by atoms with Crippen LogP contribution in [0.25, 0.3) is 10.6 Å². The molecule has 0 aliphatic rings. The van der Waals surface area contributed by atoms with Crippen molar-refractivity contribution in [2.75, 3.05) is 0 Å². The zero-order valence-electron chi connectivity index (χ0n) is 15.1. The molecule has 3 aromatic rings. The summed E-state index contributed by atoms with van der Waals surface area (Å²) in [5.74, 6) is -0.320. The van der Waals surface area contributed by atoms with E-state index in [4.69, 9.17) is 16.7 Å². The molecule has 0 amide bonds. The van der Waals surface area contributed by atoms with Gasteiger partial charge in [-0.15, -0.1) is 23.1 Å². The molecule has 29 heavy (non-hydrogen) atoms. The van der Waals surface area contributed by atoms with Crippen LogP contribution in [0.3, 0.4) is 0 Å². The molecule has 0 atom stereocenters. The number of thioether (sulfide) groups is 1. The first-order chi connectivity index (χ1) is 13.6. The van der Waals surface area contributed by atoms with Crippen LogP contribution in [-0.4, -0.2) is 16.1 Å². The van der Waals surface area contributed by atoms with Gasteiger partial charge >= 0.3 is 12.1 Å². The Labute approximate surface area is 178 Å². The summed E-state index contributed by atoms with van der Waals surface area (Å²) in [6.45, 7) is 1.86. The van der Waals surface area contributed by atoms with Crippen molar-refractivity contribution in [3.63, 3.8) is 0 Å². The third kappa shape index (κ3) is 5.52. The van der Waals surface area contributed by atoms with Crippen molar-refractivity contribution in [2.45, 2.75) is 30.2 Å². The van der Waals surface area contributed by atoms with E-state index in [2.05, 4.69) is 4.98 Å². The molecule has 0 radical (unpaired) electrons. The van der Waals surface area contributed by atoms with E-state index in [1.54, 1.807) is 18.2 Å². The number of benzene rings is 2. The lowest BCUT2D eigenvalue weighted by molar-refractivity contribution is -0.138. The fourth-order valence-corrected chi connectivity index (χ4v) is 5.08. The van der Waals surface area contributed by atoms with E-state index < -0.39 is 17.7 Å². The summed E-state index contributed by atoms with van der Waals surface area (Å²) in [5.41, 5.74) is 1.39. The highest BCUT2D eigenvalue weighted by Gasteiger charge is 2.30. The Kier molecular flexibility index (Phi) is 6.55. The maximum Gasteiger partial charge on any atom is 0.416 e. The molecule has 2 aromatic carbocycles. The van der Waals surface area contributed by atoms with Gasteiger partial charge in [0, 0.05) is 21.1 Å². The second-order valence-electron chi connectivity index (χ2n) is 6.23. The number of hydrogen-bond acceptors (Lipinski definition) is 4. The number of nitrogens with zero attached hydrogens (tertiary/aromatic N) is 1. The van der Waals surface area contributed by atoms with Crippen molar-refractivity contribution in [2.24, 2.45) is 0 Å². The summed E-state index contributed by atoms with van der Waals surface area (Å²) in [6, 6.07) is 10.1. The van der Waals surface area contributed by atoms with Gasteiger partial charge in [-0.05, 0) is 36.8 Å². The number of hydrogen-bond donors (Lipinski definition) is 1. The lowest BCUT2D eigenvalue weighted by Gasteiger charge is -2.06. The molecule has 9 heteroatoms. The predicted octanol–water partition coefficient (Wildman–Crippen LogP) is 6.71. The van der Waals surface area contributed by atoms with Crippen molar-refractivity contribution in [3.8, 4) is 10.6 Å². The van der Waals surface area contributed by atoms with E-state index in [-0.39, 0.29) is 6.42 Å². The fourth-order valence-electron chi connectivity index (χ4n) is 2.58. The highest BCUT2D eigenvalue weighted by Crippen LogP contribution is 2.36. The van der Waals surface area contributed by atoms with Gasteiger partial charge in [0.15, 0.2) is 0 Å². The molecule has 0 fully saturated rings. The number of aromatic nitrogens is 1. The van der Waals surface area contributed by atoms with Crippen LogP contribution >= 0.6 is 34.7 Å². The standard InChI is InChI=1S/C20H15ClF3NO2S2/c1-11-17(10-28-16-7-2-12(8-15(16)21)9-18(26)27)29-19(25-11)13-3-5-14(6-4-13)20(22,23)24/h2-8H,9-10H2,1H3,(H,26,27). The number of halogens is 4. The Bertz CT molecular complexity index is 1030. The van der Waals surface area contributed by atoms with E-state index >= 15 is 0 Å². The molecule has 0 bridgehead atoms. The van der Waals surface area contributed by atoms with Crippen molar-refractivity contribution in [1.82, 2.24) is 4.98 Å². The summed E-state index contributed by atoms with van der Waals surface area (Å²) in [7, 11) is 0. The molecule has 0 unspecified atom stereocenters. The van der Waals surface area contributed by atoms with Gasteiger partial charge in [-0.3, -0.25) is 4.79 Å². The minimum atomic E-state index is -4.36. The second kappa shape index (κ2) is 8.77. The van der Waals surface area contributed by atoms with Gasteiger partial charge in [-0.2, -0.15) is 13.2 Å². The summed E-state index contributed by atoms with van der Waals surface area (Å²) in [6.07, 6.45) is -4.45. The van der Waals surface area contributed by atoms with Gasteiger partial charge in [-0.1, -0.05) is 29.8 Å². The molecule has 0 saturated heterocycles. The normalized spacial score (nSPS) is 11.6. The number of carboxylic acids is 1. The Morgan fingerprint density at radius 3 is 2.48 bits per heavy atom. The van der Waals surface area contributed by atoms with Crippen molar-refractivity contribution < 1.29 is 23.1 Å². The molecule has 1 aromatic heterocycles. The highest BCUT2D eigenvalue weighted by molar-refractivity contribution is 7.98. The number of thiazole rings is 1. The second-order valence-corrected chi connectivity index (χ2v) is 8.73. The van der Waals surface area contributed by atoms with Crippen molar-refractivity contribution >= 4 is 40.7 Å². The van der Waals surface area contributed by atoms with Gasteiger partial charge in [0.05, 0.1) is 22.7 Å². The molecule has 1 N–H and O–H groups in total. The number of aryl methyl sites for hydroxylation is 1. The summed E-state index contributed by atoms with van der Waals surface area (Å²) < 4.78 is 38.1. The maximum absolute atomic E-state index is 12.7. The molecular weight excluding hydrogens is 443 g/mol. The average molecular weight is 458 g/mol. The smallest absolute Gasteiger partial charge is 0.416 e. The van der Waals surface area contributed by atoms with Crippen LogP contribution in [0.15, 0.2) is 47.4 Å². The predicted molar refractivity (Wildman–Crippen MR) is 110 cm³/mol. The number of rotatable bonds is 6. The zero-order valence-corrected chi connectivity index (χ0v) is 17.5. The van der Waals surface area contributed by atoms with E-state index in [0.29, 0.717) is 26.9 Å². The van der Waals surface area contributed by atoms with Crippen LogP contribution in [0, 0.1) is 6.92 Å². The van der Waals surface area contributed by atoms with Crippen LogP contribution in [0.1, 0.15) is 21.7 Å². The van der Waals surface area contributed by atoms with Gasteiger partial charge in [-0.25, -0.2) is 4.98 Å². The zero-order chi connectivity index (χ0) is 21.2. The van der Waals surface area contributed by atoms with Crippen molar-refractivity contribution in [3.05, 3.63) is 69.2 Å². The summed E-state index contributed by atoms with van der Waals surface area (Å²) >= 11 is 9.18. The third-order valence-electron chi connectivity index (χ3n) is 4.06. The van der Waals surface area contributed by atoms with E-state index in [0.717, 1.165) is 27.6 Å². The van der Waals surface area contributed by atoms with E-state index in [9.17, 15) is 18.0 Å². The molecule has 1 heterocycles. The van der Waals surface area contributed by atoms with E-state index in [1.807, 2.05) is 6.92 Å². The molecule has 0 spiro atoms. The topological polar surface area (TPSA) is 50.2 Å². The first-order valence-corrected chi connectivity index (χ1v) is 10.6. The summed E-state index contributed by atoms with van der Waals surface area (Å²) in [5, 5.41) is 10.00. The lowest BCUT2D eigenvalue weighted by atomic mass is 10.1. The van der Waals surface area contributed by atoms with E-state index in [1.165, 1.54) is 35.2 Å². The number of carbonyl (C=O) groups is 1. The van der Waals surface area contributed by atoms with Crippen molar-refractivity contribution in [1.29, 1.82) is 0 Å². The SMILES string of the molecule is Cc1nc(-c2ccc(C(F)(F)F)cc2)sc1CSc1ccc(CC(=O)O)cc1Cl. The Balaban J connectivity index is 1.72. The molecule has 0 aliphatic carbocycles. The molecular formula is C20H15ClF3NO2S2. The van der Waals surface area contributed by atoms with Crippen LogP contribution in [0.4, 0.5) is 13.2 Å².